The number of aliphatic hydroxyl groups is 2. The van der Waals surface area contributed by atoms with Gasteiger partial charge in [0.05, 0.1) is 13.2 Å². The fourth-order valence-electron chi connectivity index (χ4n) is 1.41. The van der Waals surface area contributed by atoms with Gasteiger partial charge in [0.1, 0.15) is 0 Å². The van der Waals surface area contributed by atoms with Crippen LogP contribution in [0.25, 0.3) is 0 Å². The van der Waals surface area contributed by atoms with Crippen LogP contribution >= 0.6 is 0 Å². The summed E-state index contributed by atoms with van der Waals surface area (Å²) < 4.78 is 0. The van der Waals surface area contributed by atoms with Gasteiger partial charge in [0.25, 0.3) is 0 Å². The molecule has 0 aliphatic heterocycles. The van der Waals surface area contributed by atoms with E-state index in [2.05, 4.69) is 25.7 Å². The minimum atomic E-state index is -0.382. The molecule has 0 fully saturated rings. The molecule has 15 heavy (non-hydrogen) atoms. The van der Waals surface area contributed by atoms with Crippen LogP contribution in [0.4, 0.5) is 0 Å². The Hall–Kier alpha value is -0.120. The molecule has 0 aromatic heterocycles. The van der Waals surface area contributed by atoms with Crippen LogP contribution in [0.1, 0.15) is 34.1 Å². The quantitative estimate of drug-likeness (QED) is 0.706. The van der Waals surface area contributed by atoms with Crippen molar-refractivity contribution in [2.24, 2.45) is 10.8 Å². The first kappa shape index (κ1) is 14.9. The summed E-state index contributed by atoms with van der Waals surface area (Å²) >= 11 is 0. The maximum atomic E-state index is 9.18. The van der Waals surface area contributed by atoms with Crippen molar-refractivity contribution in [3.8, 4) is 0 Å². The molecule has 0 amide bonds. The van der Waals surface area contributed by atoms with Gasteiger partial charge in [-0.2, -0.15) is 0 Å². The van der Waals surface area contributed by atoms with Crippen LogP contribution in [0.3, 0.4) is 0 Å². The lowest BCUT2D eigenvalue weighted by molar-refractivity contribution is 0.0397. The summed E-state index contributed by atoms with van der Waals surface area (Å²) in [6, 6.07) is 0. The van der Waals surface area contributed by atoms with E-state index in [1.54, 1.807) is 0 Å². The third-order valence-corrected chi connectivity index (χ3v) is 2.66. The van der Waals surface area contributed by atoms with E-state index < -0.39 is 0 Å². The molecule has 0 saturated heterocycles. The van der Waals surface area contributed by atoms with Crippen molar-refractivity contribution in [3.63, 3.8) is 0 Å². The van der Waals surface area contributed by atoms with Crippen molar-refractivity contribution in [2.75, 3.05) is 33.4 Å². The van der Waals surface area contributed by atoms with Crippen molar-refractivity contribution < 1.29 is 10.2 Å². The number of rotatable bonds is 6. The first-order chi connectivity index (χ1) is 6.72. The van der Waals surface area contributed by atoms with Gasteiger partial charge in [-0.1, -0.05) is 27.7 Å². The van der Waals surface area contributed by atoms with Gasteiger partial charge in [-0.25, -0.2) is 0 Å². The van der Waals surface area contributed by atoms with Crippen molar-refractivity contribution in [1.82, 2.24) is 4.90 Å². The zero-order valence-electron chi connectivity index (χ0n) is 10.9. The second kappa shape index (κ2) is 5.83. The first-order valence-electron chi connectivity index (χ1n) is 5.63. The van der Waals surface area contributed by atoms with Crippen LogP contribution in [0.5, 0.6) is 0 Å². The van der Waals surface area contributed by atoms with Crippen molar-refractivity contribution in [1.29, 1.82) is 0 Å². The maximum absolute atomic E-state index is 9.18. The van der Waals surface area contributed by atoms with Crippen LogP contribution < -0.4 is 0 Å². The summed E-state index contributed by atoms with van der Waals surface area (Å²) in [7, 11) is 2.04. The molecule has 0 aromatic carbocycles. The molecule has 0 saturated carbocycles. The smallest absolute Gasteiger partial charge is 0.0519 e. The second-order valence-electron chi connectivity index (χ2n) is 6.18. The zero-order valence-corrected chi connectivity index (χ0v) is 10.9. The topological polar surface area (TPSA) is 43.7 Å². The maximum Gasteiger partial charge on any atom is 0.0519 e. The largest absolute Gasteiger partial charge is 0.396 e. The summed E-state index contributed by atoms with van der Waals surface area (Å²) in [4.78, 5) is 2.18. The second-order valence-corrected chi connectivity index (χ2v) is 6.18. The molecule has 0 aliphatic rings. The summed E-state index contributed by atoms with van der Waals surface area (Å²) in [6.07, 6.45) is 1.12. The molecule has 0 bridgehead atoms. The normalized spacial score (nSPS) is 13.6. The fraction of sp³-hybridized carbons (Fsp3) is 1.00. The number of aliphatic hydroxyl groups excluding tert-OH is 2. The molecule has 0 aromatic rings. The lowest BCUT2D eigenvalue weighted by Crippen LogP contribution is -2.39. The molecule has 0 unspecified atom stereocenters. The van der Waals surface area contributed by atoms with Gasteiger partial charge < -0.3 is 15.1 Å². The minimum Gasteiger partial charge on any atom is -0.396 e. The summed E-state index contributed by atoms with van der Waals surface area (Å²) in [5.41, 5.74) is -0.0459. The number of hydrogen-bond acceptors (Lipinski definition) is 3. The van der Waals surface area contributed by atoms with Crippen LogP contribution in [0, 0.1) is 10.8 Å². The highest BCUT2D eigenvalue weighted by Crippen LogP contribution is 2.20. The Balaban J connectivity index is 3.97. The Labute approximate surface area is 94.1 Å². The van der Waals surface area contributed by atoms with Gasteiger partial charge >= 0.3 is 0 Å². The third-order valence-electron chi connectivity index (χ3n) is 2.66. The lowest BCUT2D eigenvalue weighted by Gasteiger charge is -2.31. The van der Waals surface area contributed by atoms with Gasteiger partial charge in [0.2, 0.25) is 0 Å². The van der Waals surface area contributed by atoms with Gasteiger partial charge in [0, 0.05) is 12.0 Å². The fourth-order valence-corrected chi connectivity index (χ4v) is 1.41. The van der Waals surface area contributed by atoms with Crippen LogP contribution in [0.2, 0.25) is 0 Å². The minimum absolute atomic E-state index is 0.0311. The molecule has 0 radical (unpaired) electrons. The third kappa shape index (κ3) is 6.88. The van der Waals surface area contributed by atoms with Crippen LogP contribution in [-0.2, 0) is 0 Å². The predicted octanol–water partition coefficient (Wildman–Crippen LogP) is 1.35. The van der Waals surface area contributed by atoms with E-state index in [1.165, 1.54) is 0 Å². The number of hydrogen-bond donors (Lipinski definition) is 2. The Morgan fingerprint density at radius 1 is 1.00 bits per heavy atom. The van der Waals surface area contributed by atoms with Gasteiger partial charge in [-0.3, -0.25) is 0 Å². The van der Waals surface area contributed by atoms with Crippen LogP contribution in [-0.4, -0.2) is 48.5 Å². The van der Waals surface area contributed by atoms with Gasteiger partial charge in [0.15, 0.2) is 0 Å². The summed E-state index contributed by atoms with van der Waals surface area (Å²) in [5, 5.41) is 18.4. The van der Waals surface area contributed by atoms with E-state index in [0.717, 1.165) is 19.5 Å². The molecule has 92 valence electrons. The molecule has 0 spiro atoms. The van der Waals surface area contributed by atoms with E-state index in [-0.39, 0.29) is 18.6 Å². The molecule has 3 heteroatoms. The van der Waals surface area contributed by atoms with Gasteiger partial charge in [-0.05, 0) is 25.4 Å². The SMILES string of the molecule is CN(CCC(C)(C)C)CC(C)(CO)CO. The van der Waals surface area contributed by atoms with Gasteiger partial charge in [-0.15, -0.1) is 0 Å². The molecule has 0 atom stereocenters. The average Bonchev–Trinajstić information content (AvgIpc) is 2.13. The van der Waals surface area contributed by atoms with E-state index in [1.807, 2.05) is 14.0 Å². The monoisotopic (exact) mass is 217 g/mol. The Kier molecular flexibility index (Phi) is 5.78. The number of nitrogens with zero attached hydrogens (tertiary/aromatic N) is 1. The molecular weight excluding hydrogens is 190 g/mol. The highest BCUT2D eigenvalue weighted by atomic mass is 16.3. The van der Waals surface area contributed by atoms with E-state index in [9.17, 15) is 10.2 Å². The Morgan fingerprint density at radius 3 is 1.80 bits per heavy atom. The summed E-state index contributed by atoms with van der Waals surface area (Å²) in [6.45, 7) is 10.4. The van der Waals surface area contributed by atoms with Crippen molar-refractivity contribution in [3.05, 3.63) is 0 Å². The highest BCUT2D eigenvalue weighted by Gasteiger charge is 2.24. The van der Waals surface area contributed by atoms with E-state index >= 15 is 0 Å². The highest BCUT2D eigenvalue weighted by molar-refractivity contribution is 4.76. The summed E-state index contributed by atoms with van der Waals surface area (Å²) in [5.74, 6) is 0. The van der Waals surface area contributed by atoms with Crippen LogP contribution in [0.15, 0.2) is 0 Å². The average molecular weight is 217 g/mol. The van der Waals surface area contributed by atoms with E-state index in [4.69, 9.17) is 0 Å². The molecule has 0 aliphatic carbocycles. The zero-order chi connectivity index (χ0) is 12.1. The Bertz CT molecular complexity index is 171. The molecule has 0 rings (SSSR count). The first-order valence-corrected chi connectivity index (χ1v) is 5.63. The van der Waals surface area contributed by atoms with Crippen molar-refractivity contribution >= 4 is 0 Å². The molecule has 3 nitrogen and oxygen atoms in total. The predicted molar refractivity (Wildman–Crippen MR) is 63.8 cm³/mol. The lowest BCUT2D eigenvalue weighted by atomic mass is 9.90. The standard InChI is InChI=1S/C12H27NO2/c1-11(2,3)6-7-13(5)8-12(4,9-14)10-15/h14-15H,6-10H2,1-5H3. The van der Waals surface area contributed by atoms with E-state index in [0.29, 0.717) is 5.41 Å². The molecule has 0 heterocycles. The van der Waals surface area contributed by atoms with Crippen molar-refractivity contribution in [2.45, 2.75) is 34.1 Å². The Morgan fingerprint density at radius 2 is 1.47 bits per heavy atom. The molecular formula is C12H27NO2. The molecule has 2 N–H and O–H groups in total.